The molecule has 1 rings (SSSR count). The topological polar surface area (TPSA) is 46.3 Å². The lowest BCUT2D eigenvalue weighted by atomic mass is 10.2. The fraction of sp³-hybridized carbons (Fsp3) is 0.417. The predicted molar refractivity (Wildman–Crippen MR) is 62.6 cm³/mol. The summed E-state index contributed by atoms with van der Waals surface area (Å²) in [6.45, 7) is 4.07. The highest BCUT2D eigenvalue weighted by Crippen LogP contribution is 2.16. The third-order valence-electron chi connectivity index (χ3n) is 2.39. The van der Waals surface area contributed by atoms with Crippen LogP contribution in [0, 0.1) is 6.92 Å². The maximum atomic E-state index is 11.0. The van der Waals surface area contributed by atoms with Crippen molar-refractivity contribution in [2.45, 2.75) is 32.9 Å². The largest absolute Gasteiger partial charge is 0.311 e. The number of carbonyl (C=O) groups excluding carboxylic acids is 1. The van der Waals surface area contributed by atoms with Gasteiger partial charge in [0.05, 0.1) is 6.17 Å². The fourth-order valence-corrected chi connectivity index (χ4v) is 1.48. The quantitative estimate of drug-likeness (QED) is 0.592. The standard InChI is InChI=1S/C12H18N2O/c1-3-4-12(13)14(9-15)11-7-5-10(2)6-8-11/h5-9,12H,3-4,13H2,1-2H3. The minimum absolute atomic E-state index is 0.227. The normalized spacial score (nSPS) is 12.2. The Kier molecular flexibility index (Phi) is 4.31. The lowest BCUT2D eigenvalue weighted by Crippen LogP contribution is -2.41. The molecule has 0 saturated carbocycles. The maximum absolute atomic E-state index is 11.0. The molecule has 3 heteroatoms. The molecule has 1 aromatic carbocycles. The highest BCUT2D eigenvalue weighted by Gasteiger charge is 2.12. The molecule has 0 aliphatic carbocycles. The van der Waals surface area contributed by atoms with Crippen molar-refractivity contribution in [3.63, 3.8) is 0 Å². The van der Waals surface area contributed by atoms with Gasteiger partial charge in [0.15, 0.2) is 0 Å². The van der Waals surface area contributed by atoms with Gasteiger partial charge in [0.2, 0.25) is 6.41 Å². The number of hydrogen-bond donors (Lipinski definition) is 1. The van der Waals surface area contributed by atoms with Crippen molar-refractivity contribution in [2.75, 3.05) is 4.90 Å². The van der Waals surface area contributed by atoms with Crippen LogP contribution in [0.3, 0.4) is 0 Å². The summed E-state index contributed by atoms with van der Waals surface area (Å²) in [5.41, 5.74) is 7.94. The number of nitrogens with two attached hydrogens (primary N) is 1. The first-order valence-corrected chi connectivity index (χ1v) is 5.25. The van der Waals surface area contributed by atoms with E-state index in [4.69, 9.17) is 5.73 Å². The van der Waals surface area contributed by atoms with Gasteiger partial charge in [0.1, 0.15) is 0 Å². The van der Waals surface area contributed by atoms with Crippen LogP contribution in [-0.4, -0.2) is 12.6 Å². The van der Waals surface area contributed by atoms with Crippen LogP contribution in [0.15, 0.2) is 24.3 Å². The molecule has 1 amide bonds. The number of nitrogens with zero attached hydrogens (tertiary/aromatic N) is 1. The van der Waals surface area contributed by atoms with Gasteiger partial charge in [-0.25, -0.2) is 0 Å². The van der Waals surface area contributed by atoms with E-state index >= 15 is 0 Å². The van der Waals surface area contributed by atoms with Crippen LogP contribution in [-0.2, 0) is 4.79 Å². The molecule has 1 aromatic rings. The van der Waals surface area contributed by atoms with Gasteiger partial charge in [-0.2, -0.15) is 0 Å². The molecule has 0 aliphatic rings. The van der Waals surface area contributed by atoms with Crippen LogP contribution in [0.5, 0.6) is 0 Å². The molecule has 0 fully saturated rings. The SMILES string of the molecule is CCCC(N)N(C=O)c1ccc(C)cc1. The predicted octanol–water partition coefficient (Wildman–Crippen LogP) is 2.04. The number of aryl methyl sites for hydroxylation is 1. The van der Waals surface area contributed by atoms with Crippen molar-refractivity contribution >= 4 is 12.1 Å². The van der Waals surface area contributed by atoms with Crippen LogP contribution in [0.25, 0.3) is 0 Å². The Morgan fingerprint density at radius 1 is 1.40 bits per heavy atom. The van der Waals surface area contributed by atoms with Gasteiger partial charge in [-0.05, 0) is 25.5 Å². The van der Waals surface area contributed by atoms with Gasteiger partial charge in [-0.15, -0.1) is 0 Å². The molecule has 1 unspecified atom stereocenters. The Hall–Kier alpha value is -1.35. The highest BCUT2D eigenvalue weighted by molar-refractivity contribution is 5.75. The van der Waals surface area contributed by atoms with E-state index < -0.39 is 0 Å². The summed E-state index contributed by atoms with van der Waals surface area (Å²) < 4.78 is 0. The van der Waals surface area contributed by atoms with Crippen LogP contribution >= 0.6 is 0 Å². The van der Waals surface area contributed by atoms with Gasteiger partial charge in [0, 0.05) is 5.69 Å². The number of carbonyl (C=O) groups is 1. The Bertz CT molecular complexity index is 308. The van der Waals surface area contributed by atoms with E-state index in [1.165, 1.54) is 5.56 Å². The minimum Gasteiger partial charge on any atom is -0.311 e. The van der Waals surface area contributed by atoms with E-state index in [0.29, 0.717) is 0 Å². The van der Waals surface area contributed by atoms with Gasteiger partial charge in [-0.1, -0.05) is 31.0 Å². The molecule has 0 aromatic heterocycles. The molecule has 2 N–H and O–H groups in total. The first kappa shape index (κ1) is 11.7. The average molecular weight is 206 g/mol. The fourth-order valence-electron chi connectivity index (χ4n) is 1.48. The first-order chi connectivity index (χ1) is 7.19. The molecular formula is C12H18N2O. The molecule has 0 aliphatic heterocycles. The summed E-state index contributed by atoms with van der Waals surface area (Å²) in [6.07, 6.45) is 2.35. The van der Waals surface area contributed by atoms with Crippen LogP contribution in [0.1, 0.15) is 25.3 Å². The highest BCUT2D eigenvalue weighted by atomic mass is 16.1. The molecule has 0 saturated heterocycles. The zero-order valence-corrected chi connectivity index (χ0v) is 9.31. The van der Waals surface area contributed by atoms with Gasteiger partial charge < -0.3 is 5.73 Å². The van der Waals surface area contributed by atoms with Gasteiger partial charge in [-0.3, -0.25) is 9.69 Å². The van der Waals surface area contributed by atoms with E-state index in [2.05, 4.69) is 6.92 Å². The van der Waals surface area contributed by atoms with Crippen molar-refractivity contribution in [1.82, 2.24) is 0 Å². The van der Waals surface area contributed by atoms with Crippen molar-refractivity contribution in [1.29, 1.82) is 0 Å². The Labute approximate surface area is 90.9 Å². The molecular weight excluding hydrogens is 188 g/mol. The summed E-state index contributed by atoms with van der Waals surface area (Å²) in [4.78, 5) is 12.5. The van der Waals surface area contributed by atoms with Crippen molar-refractivity contribution < 1.29 is 4.79 Å². The van der Waals surface area contributed by atoms with E-state index in [0.717, 1.165) is 24.9 Å². The summed E-state index contributed by atoms with van der Waals surface area (Å²) >= 11 is 0. The second kappa shape index (κ2) is 5.51. The lowest BCUT2D eigenvalue weighted by Gasteiger charge is -2.24. The monoisotopic (exact) mass is 206 g/mol. The Morgan fingerprint density at radius 2 is 2.00 bits per heavy atom. The number of amides is 1. The second-order valence-corrected chi connectivity index (χ2v) is 3.70. The number of benzene rings is 1. The van der Waals surface area contributed by atoms with E-state index in [9.17, 15) is 4.79 Å². The Morgan fingerprint density at radius 3 is 2.47 bits per heavy atom. The lowest BCUT2D eigenvalue weighted by molar-refractivity contribution is -0.107. The average Bonchev–Trinajstić information content (AvgIpc) is 2.22. The smallest absolute Gasteiger partial charge is 0.215 e. The summed E-state index contributed by atoms with van der Waals surface area (Å²) in [6, 6.07) is 7.79. The van der Waals surface area contributed by atoms with Crippen LogP contribution in [0.2, 0.25) is 0 Å². The Balaban J connectivity index is 2.82. The molecule has 0 spiro atoms. The van der Waals surface area contributed by atoms with Gasteiger partial charge in [0.25, 0.3) is 0 Å². The van der Waals surface area contributed by atoms with Gasteiger partial charge >= 0.3 is 0 Å². The summed E-state index contributed by atoms with van der Waals surface area (Å²) in [5.74, 6) is 0. The molecule has 0 radical (unpaired) electrons. The van der Waals surface area contributed by atoms with Crippen LogP contribution < -0.4 is 10.6 Å². The van der Waals surface area contributed by atoms with E-state index in [1.54, 1.807) is 4.90 Å². The van der Waals surface area contributed by atoms with E-state index in [-0.39, 0.29) is 6.17 Å². The molecule has 0 bridgehead atoms. The second-order valence-electron chi connectivity index (χ2n) is 3.70. The number of anilines is 1. The zero-order chi connectivity index (χ0) is 11.3. The van der Waals surface area contributed by atoms with Crippen molar-refractivity contribution in [3.05, 3.63) is 29.8 Å². The molecule has 0 heterocycles. The maximum Gasteiger partial charge on any atom is 0.215 e. The van der Waals surface area contributed by atoms with Crippen LogP contribution in [0.4, 0.5) is 5.69 Å². The molecule has 3 nitrogen and oxygen atoms in total. The third-order valence-corrected chi connectivity index (χ3v) is 2.39. The molecule has 82 valence electrons. The van der Waals surface area contributed by atoms with Crippen molar-refractivity contribution in [2.24, 2.45) is 5.73 Å². The number of rotatable bonds is 5. The zero-order valence-electron chi connectivity index (χ0n) is 9.31. The molecule has 1 atom stereocenters. The number of hydrogen-bond acceptors (Lipinski definition) is 2. The minimum atomic E-state index is -0.227. The third kappa shape index (κ3) is 3.06. The summed E-state index contributed by atoms with van der Waals surface area (Å²) in [7, 11) is 0. The molecule has 15 heavy (non-hydrogen) atoms. The summed E-state index contributed by atoms with van der Waals surface area (Å²) in [5, 5.41) is 0. The first-order valence-electron chi connectivity index (χ1n) is 5.25. The van der Waals surface area contributed by atoms with E-state index in [1.807, 2.05) is 31.2 Å². The van der Waals surface area contributed by atoms with Crippen molar-refractivity contribution in [3.8, 4) is 0 Å².